The van der Waals surface area contributed by atoms with Gasteiger partial charge in [0, 0.05) is 28.4 Å². The van der Waals surface area contributed by atoms with Gasteiger partial charge in [-0.1, -0.05) is 0 Å². The maximum absolute atomic E-state index is 8.74. The van der Waals surface area contributed by atoms with Crippen LogP contribution < -0.4 is 14.3 Å². The maximum atomic E-state index is 8.74. The van der Waals surface area contributed by atoms with Gasteiger partial charge in [0.15, 0.2) is 0 Å². The van der Waals surface area contributed by atoms with E-state index in [0.29, 0.717) is 0 Å². The smallest absolute Gasteiger partial charge is 0.378 e. The Kier molecular flexibility index (Phi) is 6.08. The largest absolute Gasteiger partial charge is 0.394 e. The Morgan fingerprint density at radius 3 is 2.29 bits per heavy atom. The van der Waals surface area contributed by atoms with E-state index in [1.165, 1.54) is 35.9 Å². The Balaban J connectivity index is 0.000000282. The van der Waals surface area contributed by atoms with Gasteiger partial charge in [0.2, 0.25) is 0 Å². The number of rotatable bonds is 1. The average Bonchev–Trinajstić information content (AvgIpc) is 3.09. The molecule has 0 bridgehead atoms. The lowest BCUT2D eigenvalue weighted by Crippen LogP contribution is -2.37. The second-order valence-electron chi connectivity index (χ2n) is 4.59. The van der Waals surface area contributed by atoms with Crippen molar-refractivity contribution < 1.29 is 22.3 Å². The van der Waals surface area contributed by atoms with Crippen molar-refractivity contribution in [1.82, 2.24) is 9.56 Å². The summed E-state index contributed by atoms with van der Waals surface area (Å²) in [6.07, 6.45) is 2.63. The van der Waals surface area contributed by atoms with Crippen LogP contribution in [0.1, 0.15) is 12.8 Å². The van der Waals surface area contributed by atoms with E-state index in [1.54, 1.807) is 10.3 Å². The van der Waals surface area contributed by atoms with Gasteiger partial charge in [-0.25, -0.2) is 4.58 Å². The molecule has 0 spiro atoms. The minimum atomic E-state index is -4.67. The lowest BCUT2D eigenvalue weighted by Gasteiger charge is -2.23. The molecule has 0 radical (unpaired) electrons. The van der Waals surface area contributed by atoms with Crippen molar-refractivity contribution in [3.8, 4) is 0 Å². The standard InChI is InChI=1S/C10H16N3OS2.H2O4S/c1-2-4-12(3-1)9-11-10(16-15-9)13-5-7-14-8-6-13;1-5(2,3)4/h1-8H2;(H2,1,2,3,4)/q+1;. The SMILES string of the molecule is C1CC[N+](=c2nc(N3CCOCC3)ss2)C1.O=S(=O)(O)O. The Bertz CT molecular complexity index is 602. The third kappa shape index (κ3) is 5.96. The zero-order valence-corrected chi connectivity index (χ0v) is 13.8. The van der Waals surface area contributed by atoms with Crippen LogP contribution in [0.2, 0.25) is 0 Å². The van der Waals surface area contributed by atoms with E-state index in [2.05, 4.69) is 9.48 Å². The highest BCUT2D eigenvalue weighted by atomic mass is 32.9. The number of anilines is 1. The molecule has 1 aromatic heterocycles. The Morgan fingerprint density at radius 1 is 1.14 bits per heavy atom. The van der Waals surface area contributed by atoms with Crippen LogP contribution in [0, 0.1) is 0 Å². The second-order valence-corrected chi connectivity index (χ2v) is 7.54. The van der Waals surface area contributed by atoms with E-state index in [9.17, 15) is 0 Å². The fourth-order valence-corrected chi connectivity index (χ4v) is 4.44. The molecule has 3 rings (SSSR count). The molecule has 2 aliphatic rings. The number of aromatic nitrogens is 1. The van der Waals surface area contributed by atoms with Crippen LogP contribution in [0.15, 0.2) is 0 Å². The van der Waals surface area contributed by atoms with Crippen molar-refractivity contribution in [1.29, 1.82) is 0 Å². The average molecular weight is 356 g/mol. The van der Waals surface area contributed by atoms with Crippen LogP contribution >= 0.6 is 20.7 Å². The maximum Gasteiger partial charge on any atom is 0.394 e. The van der Waals surface area contributed by atoms with Gasteiger partial charge >= 0.3 is 20.3 Å². The molecule has 0 aromatic carbocycles. The van der Waals surface area contributed by atoms with E-state index in [-0.39, 0.29) is 0 Å². The van der Waals surface area contributed by atoms with Gasteiger partial charge in [-0.2, -0.15) is 8.42 Å². The summed E-state index contributed by atoms with van der Waals surface area (Å²) in [5.41, 5.74) is 0. The normalized spacial score (nSPS) is 19.3. The molecule has 0 atom stereocenters. The van der Waals surface area contributed by atoms with Gasteiger partial charge in [0.05, 0.1) is 26.3 Å². The lowest BCUT2D eigenvalue weighted by atomic mass is 10.4. The molecule has 11 heteroatoms. The molecule has 0 aliphatic carbocycles. The molecule has 2 aliphatic heterocycles. The van der Waals surface area contributed by atoms with Crippen molar-refractivity contribution in [2.75, 3.05) is 44.3 Å². The summed E-state index contributed by atoms with van der Waals surface area (Å²) in [5.74, 6) is 0. The van der Waals surface area contributed by atoms with Crippen molar-refractivity contribution in [3.05, 3.63) is 4.80 Å². The molecule has 0 unspecified atom stereocenters. The lowest BCUT2D eigenvalue weighted by molar-refractivity contribution is 0.122. The highest BCUT2D eigenvalue weighted by Crippen LogP contribution is 2.19. The summed E-state index contributed by atoms with van der Waals surface area (Å²) in [4.78, 5) is 8.30. The van der Waals surface area contributed by atoms with Crippen molar-refractivity contribution in [2.45, 2.75) is 12.8 Å². The molecule has 21 heavy (non-hydrogen) atoms. The van der Waals surface area contributed by atoms with Gasteiger partial charge in [-0.05, 0) is 23.2 Å². The summed E-state index contributed by atoms with van der Waals surface area (Å²) in [5, 5.41) is 1.18. The zero-order valence-electron chi connectivity index (χ0n) is 11.3. The van der Waals surface area contributed by atoms with E-state index >= 15 is 0 Å². The minimum absolute atomic E-state index is 0.837. The van der Waals surface area contributed by atoms with Gasteiger partial charge in [-0.3, -0.25) is 9.11 Å². The number of ether oxygens (including phenoxy) is 1. The van der Waals surface area contributed by atoms with Crippen LogP contribution in [0.4, 0.5) is 5.13 Å². The predicted molar refractivity (Wildman–Crippen MR) is 81.4 cm³/mol. The molecule has 2 saturated heterocycles. The molecule has 8 nitrogen and oxygen atoms in total. The van der Waals surface area contributed by atoms with Gasteiger partial charge < -0.3 is 9.64 Å². The Hall–Kier alpha value is -0.590. The van der Waals surface area contributed by atoms with Crippen molar-refractivity contribution in [3.63, 3.8) is 0 Å². The second kappa shape index (κ2) is 7.61. The monoisotopic (exact) mass is 356 g/mol. The Labute approximate surface area is 130 Å². The van der Waals surface area contributed by atoms with Crippen molar-refractivity contribution in [2.24, 2.45) is 0 Å². The molecule has 1 aromatic rings. The molecule has 2 N–H and O–H groups in total. The first-order valence-corrected chi connectivity index (χ1v) is 10.1. The number of hydrogen-bond acceptors (Lipinski definition) is 7. The molecular formula is C10H18N3O5S3+. The van der Waals surface area contributed by atoms with Crippen LogP contribution in [0.3, 0.4) is 0 Å². The van der Waals surface area contributed by atoms with Crippen LogP contribution in [-0.2, 0) is 15.1 Å². The van der Waals surface area contributed by atoms with E-state index in [0.717, 1.165) is 26.3 Å². The molecule has 0 saturated carbocycles. The summed E-state index contributed by atoms with van der Waals surface area (Å²) in [6, 6.07) is 0. The van der Waals surface area contributed by atoms with E-state index in [4.69, 9.17) is 27.2 Å². The summed E-state index contributed by atoms with van der Waals surface area (Å²) >= 11 is 0. The minimum Gasteiger partial charge on any atom is -0.378 e. The first kappa shape index (κ1) is 16.8. The highest BCUT2D eigenvalue weighted by Gasteiger charge is 2.21. The summed E-state index contributed by atoms with van der Waals surface area (Å²) in [7, 11) is -1.05. The van der Waals surface area contributed by atoms with Crippen LogP contribution in [0.25, 0.3) is 0 Å². The molecule has 2 fully saturated rings. The van der Waals surface area contributed by atoms with Crippen molar-refractivity contribution >= 4 is 36.2 Å². The number of hydrogen-bond donors (Lipinski definition) is 2. The molecule has 0 amide bonds. The highest BCUT2D eigenvalue weighted by molar-refractivity contribution is 7.79. The summed E-state index contributed by atoms with van der Waals surface area (Å²) < 4.78 is 39.3. The third-order valence-corrected chi connectivity index (χ3v) is 5.27. The molecule has 3 heterocycles. The third-order valence-electron chi connectivity index (χ3n) is 3.04. The summed E-state index contributed by atoms with van der Waals surface area (Å²) in [6.45, 7) is 6.01. The van der Waals surface area contributed by atoms with E-state index in [1.807, 2.05) is 10.3 Å². The van der Waals surface area contributed by atoms with Crippen LogP contribution in [-0.4, -0.2) is 61.9 Å². The van der Waals surface area contributed by atoms with Gasteiger partial charge in [-0.15, -0.1) is 0 Å². The van der Waals surface area contributed by atoms with Crippen LogP contribution in [0.5, 0.6) is 0 Å². The Morgan fingerprint density at radius 2 is 1.71 bits per heavy atom. The van der Waals surface area contributed by atoms with E-state index < -0.39 is 10.4 Å². The first-order chi connectivity index (χ1) is 9.93. The fraction of sp³-hybridized carbons (Fsp3) is 0.800. The number of nitrogens with zero attached hydrogens (tertiary/aromatic N) is 3. The van der Waals surface area contributed by atoms with Gasteiger partial charge in [0.1, 0.15) is 0 Å². The molecule has 120 valence electrons. The number of morpholine rings is 1. The quantitative estimate of drug-likeness (QED) is 0.413. The predicted octanol–water partition coefficient (Wildman–Crippen LogP) is -0.0456. The fourth-order valence-electron chi connectivity index (χ4n) is 2.10. The van der Waals surface area contributed by atoms with Gasteiger partial charge in [0.25, 0.3) is 0 Å². The zero-order chi connectivity index (χ0) is 15.3. The first-order valence-electron chi connectivity index (χ1n) is 6.51. The topological polar surface area (TPSA) is 103 Å². The molecular weight excluding hydrogens is 338 g/mol.